The van der Waals surface area contributed by atoms with Gasteiger partial charge in [-0.25, -0.2) is 9.18 Å². The molecule has 0 radical (unpaired) electrons. The molecule has 1 rings (SSSR count). The molecule has 0 saturated carbocycles. The van der Waals surface area contributed by atoms with Gasteiger partial charge in [-0.05, 0) is 6.42 Å². The second kappa shape index (κ2) is 3.04. The zero-order valence-electron chi connectivity index (χ0n) is 5.90. The highest BCUT2D eigenvalue weighted by atomic mass is 19.1. The van der Waals surface area contributed by atoms with Crippen LogP contribution in [0.25, 0.3) is 0 Å². The SMILES string of the molecule is O=C(O)N1C[C@H](O)C[C@@H]1CF. The smallest absolute Gasteiger partial charge is 0.407 e. The van der Waals surface area contributed by atoms with Crippen LogP contribution in [-0.4, -0.2) is 46.6 Å². The van der Waals surface area contributed by atoms with E-state index in [0.29, 0.717) is 0 Å². The van der Waals surface area contributed by atoms with E-state index in [9.17, 15) is 9.18 Å². The maximum Gasteiger partial charge on any atom is 0.407 e. The summed E-state index contributed by atoms with van der Waals surface area (Å²) in [7, 11) is 0. The second-order valence-electron chi connectivity index (χ2n) is 2.63. The number of likely N-dealkylation sites (tertiary alicyclic amines) is 1. The van der Waals surface area contributed by atoms with Gasteiger partial charge in [-0.15, -0.1) is 0 Å². The molecule has 0 bridgehead atoms. The third kappa shape index (κ3) is 1.59. The van der Waals surface area contributed by atoms with Gasteiger partial charge in [0.25, 0.3) is 0 Å². The Hall–Kier alpha value is -0.840. The standard InChI is InChI=1S/C6H10FNO3/c7-2-4-1-5(9)3-8(4)6(10)11/h4-5,9H,1-3H2,(H,10,11)/t4-,5-/m1/s1. The maximum absolute atomic E-state index is 12.1. The van der Waals surface area contributed by atoms with E-state index in [-0.39, 0.29) is 13.0 Å². The maximum atomic E-state index is 12.1. The first-order chi connectivity index (χ1) is 5.15. The van der Waals surface area contributed by atoms with Crippen LogP contribution < -0.4 is 0 Å². The largest absolute Gasteiger partial charge is 0.465 e. The number of nitrogens with zero attached hydrogens (tertiary/aromatic N) is 1. The van der Waals surface area contributed by atoms with E-state index >= 15 is 0 Å². The lowest BCUT2D eigenvalue weighted by Gasteiger charge is -2.17. The monoisotopic (exact) mass is 163 g/mol. The number of carbonyl (C=O) groups is 1. The molecule has 0 spiro atoms. The molecule has 1 heterocycles. The average molecular weight is 163 g/mol. The molecule has 0 unspecified atom stereocenters. The lowest BCUT2D eigenvalue weighted by atomic mass is 10.2. The molecule has 64 valence electrons. The quantitative estimate of drug-likeness (QED) is 0.575. The van der Waals surface area contributed by atoms with Crippen molar-refractivity contribution in [2.24, 2.45) is 0 Å². The summed E-state index contributed by atoms with van der Waals surface area (Å²) >= 11 is 0. The van der Waals surface area contributed by atoms with Gasteiger partial charge in [-0.1, -0.05) is 0 Å². The molecule has 1 aliphatic heterocycles. The van der Waals surface area contributed by atoms with E-state index < -0.39 is 24.9 Å². The molecular formula is C6H10FNO3. The molecule has 1 saturated heterocycles. The molecule has 11 heavy (non-hydrogen) atoms. The Labute approximate surface area is 63.2 Å². The van der Waals surface area contributed by atoms with E-state index in [1.807, 2.05) is 0 Å². The van der Waals surface area contributed by atoms with Crippen LogP contribution in [0.4, 0.5) is 9.18 Å². The summed E-state index contributed by atoms with van der Waals surface area (Å²) in [5.74, 6) is 0. The zero-order chi connectivity index (χ0) is 8.43. The predicted octanol–water partition coefficient (Wildman–Crippen LogP) is 0.0691. The number of amides is 1. The second-order valence-corrected chi connectivity index (χ2v) is 2.63. The van der Waals surface area contributed by atoms with Crippen LogP contribution in [-0.2, 0) is 0 Å². The van der Waals surface area contributed by atoms with E-state index in [2.05, 4.69) is 0 Å². The van der Waals surface area contributed by atoms with Crippen molar-refractivity contribution in [1.82, 2.24) is 4.90 Å². The first-order valence-corrected chi connectivity index (χ1v) is 3.38. The lowest BCUT2D eigenvalue weighted by molar-refractivity contribution is 0.126. The van der Waals surface area contributed by atoms with Crippen LogP contribution in [0, 0.1) is 0 Å². The predicted molar refractivity (Wildman–Crippen MR) is 35.1 cm³/mol. The third-order valence-corrected chi connectivity index (χ3v) is 1.82. The van der Waals surface area contributed by atoms with Crippen molar-refractivity contribution >= 4 is 6.09 Å². The van der Waals surface area contributed by atoms with Crippen LogP contribution in [0.3, 0.4) is 0 Å². The molecule has 2 N–H and O–H groups in total. The fourth-order valence-electron chi connectivity index (χ4n) is 1.27. The molecule has 4 nitrogen and oxygen atoms in total. The van der Waals surface area contributed by atoms with Crippen molar-refractivity contribution in [3.05, 3.63) is 0 Å². The number of hydrogen-bond donors (Lipinski definition) is 2. The molecule has 1 fully saturated rings. The van der Waals surface area contributed by atoms with Crippen molar-refractivity contribution in [2.75, 3.05) is 13.2 Å². The molecule has 0 aliphatic carbocycles. The Morgan fingerprint density at radius 3 is 2.73 bits per heavy atom. The summed E-state index contributed by atoms with van der Waals surface area (Å²) in [6, 6.07) is -0.650. The highest BCUT2D eigenvalue weighted by Crippen LogP contribution is 2.17. The Bertz CT molecular complexity index is 164. The fourth-order valence-corrected chi connectivity index (χ4v) is 1.27. The first kappa shape index (κ1) is 8.26. The number of aliphatic hydroxyl groups excluding tert-OH is 1. The number of alkyl halides is 1. The lowest BCUT2D eigenvalue weighted by Crippen LogP contribution is -2.35. The van der Waals surface area contributed by atoms with Crippen molar-refractivity contribution in [3.8, 4) is 0 Å². The summed E-state index contributed by atoms with van der Waals surface area (Å²) in [4.78, 5) is 11.3. The molecule has 2 atom stereocenters. The van der Waals surface area contributed by atoms with Gasteiger partial charge in [0.05, 0.1) is 18.7 Å². The highest BCUT2D eigenvalue weighted by Gasteiger charge is 2.33. The van der Waals surface area contributed by atoms with Crippen LogP contribution in [0.2, 0.25) is 0 Å². The van der Waals surface area contributed by atoms with Crippen LogP contribution in [0.5, 0.6) is 0 Å². The Kier molecular flexibility index (Phi) is 2.28. The minimum Gasteiger partial charge on any atom is -0.465 e. The van der Waals surface area contributed by atoms with E-state index in [1.54, 1.807) is 0 Å². The van der Waals surface area contributed by atoms with Gasteiger partial charge in [-0.3, -0.25) is 0 Å². The van der Waals surface area contributed by atoms with E-state index in [4.69, 9.17) is 10.2 Å². The fraction of sp³-hybridized carbons (Fsp3) is 0.833. The van der Waals surface area contributed by atoms with Crippen molar-refractivity contribution < 1.29 is 19.4 Å². The van der Waals surface area contributed by atoms with Gasteiger partial charge in [0, 0.05) is 0 Å². The Morgan fingerprint density at radius 1 is 1.73 bits per heavy atom. The molecule has 0 aromatic rings. The zero-order valence-corrected chi connectivity index (χ0v) is 5.90. The third-order valence-electron chi connectivity index (χ3n) is 1.82. The molecule has 1 amide bonds. The molecule has 0 aromatic carbocycles. The number of rotatable bonds is 1. The van der Waals surface area contributed by atoms with Crippen LogP contribution in [0.1, 0.15) is 6.42 Å². The summed E-state index contributed by atoms with van der Waals surface area (Å²) in [5, 5.41) is 17.5. The number of halogens is 1. The molecular weight excluding hydrogens is 153 g/mol. The first-order valence-electron chi connectivity index (χ1n) is 3.38. The van der Waals surface area contributed by atoms with Gasteiger partial charge in [0.2, 0.25) is 0 Å². The van der Waals surface area contributed by atoms with Gasteiger partial charge < -0.3 is 15.1 Å². The van der Waals surface area contributed by atoms with Gasteiger partial charge in [-0.2, -0.15) is 0 Å². The number of β-amino-alcohol motifs (C(OH)–C–C–N with tert-alkyl or cyclic N) is 1. The van der Waals surface area contributed by atoms with Crippen LogP contribution >= 0.6 is 0 Å². The molecule has 0 aromatic heterocycles. The number of aliphatic hydroxyl groups is 1. The normalized spacial score (nSPS) is 30.9. The average Bonchev–Trinajstić information content (AvgIpc) is 2.30. The minimum absolute atomic E-state index is 0.0317. The Balaban J connectivity index is 2.57. The minimum atomic E-state index is -1.16. The van der Waals surface area contributed by atoms with Crippen molar-refractivity contribution in [3.63, 3.8) is 0 Å². The number of hydrogen-bond acceptors (Lipinski definition) is 2. The summed E-state index contributed by atoms with van der Waals surface area (Å²) in [6.07, 6.45) is -1.65. The topological polar surface area (TPSA) is 60.8 Å². The number of carboxylic acid groups (broad SMARTS) is 1. The molecule has 1 aliphatic rings. The van der Waals surface area contributed by atoms with Crippen molar-refractivity contribution in [2.45, 2.75) is 18.6 Å². The van der Waals surface area contributed by atoms with Gasteiger partial charge in [0.1, 0.15) is 6.67 Å². The summed E-state index contributed by atoms with van der Waals surface area (Å²) in [6.45, 7) is -0.687. The van der Waals surface area contributed by atoms with Gasteiger partial charge in [0.15, 0.2) is 0 Å². The Morgan fingerprint density at radius 2 is 2.36 bits per heavy atom. The van der Waals surface area contributed by atoms with E-state index in [1.165, 1.54) is 0 Å². The summed E-state index contributed by atoms with van der Waals surface area (Å²) in [5.41, 5.74) is 0. The van der Waals surface area contributed by atoms with Gasteiger partial charge >= 0.3 is 6.09 Å². The van der Waals surface area contributed by atoms with Crippen molar-refractivity contribution in [1.29, 1.82) is 0 Å². The molecule has 5 heteroatoms. The van der Waals surface area contributed by atoms with E-state index in [0.717, 1.165) is 4.90 Å². The summed E-state index contributed by atoms with van der Waals surface area (Å²) < 4.78 is 12.1. The van der Waals surface area contributed by atoms with Crippen LogP contribution in [0.15, 0.2) is 0 Å². The highest BCUT2D eigenvalue weighted by molar-refractivity contribution is 5.66.